The van der Waals surface area contributed by atoms with Crippen LogP contribution in [0.1, 0.15) is 18.4 Å². The SMILES string of the molecule is CSc1ccc(C(C)C=O)cc1. The molecule has 2 heteroatoms. The van der Waals surface area contributed by atoms with Gasteiger partial charge in [0, 0.05) is 10.8 Å². The smallest absolute Gasteiger partial charge is 0.127 e. The number of aldehydes is 1. The lowest BCUT2D eigenvalue weighted by molar-refractivity contribution is -0.108. The predicted octanol–water partition coefficient (Wildman–Crippen LogP) is 2.71. The van der Waals surface area contributed by atoms with Crippen molar-refractivity contribution in [2.45, 2.75) is 17.7 Å². The van der Waals surface area contributed by atoms with Crippen molar-refractivity contribution in [1.29, 1.82) is 0 Å². The average molecular weight is 180 g/mol. The van der Waals surface area contributed by atoms with Crippen LogP contribution >= 0.6 is 11.8 Å². The molecule has 0 heterocycles. The Hall–Kier alpha value is -0.760. The molecule has 0 aliphatic rings. The van der Waals surface area contributed by atoms with Crippen molar-refractivity contribution in [3.63, 3.8) is 0 Å². The zero-order chi connectivity index (χ0) is 8.97. The van der Waals surface area contributed by atoms with Gasteiger partial charge in [0.25, 0.3) is 0 Å². The van der Waals surface area contributed by atoms with Gasteiger partial charge in [-0.15, -0.1) is 11.8 Å². The van der Waals surface area contributed by atoms with E-state index in [9.17, 15) is 4.79 Å². The fraction of sp³-hybridized carbons (Fsp3) is 0.300. The van der Waals surface area contributed by atoms with E-state index in [4.69, 9.17) is 0 Å². The maximum Gasteiger partial charge on any atom is 0.127 e. The molecular formula is C10H12OS. The molecule has 0 aromatic heterocycles. The maximum atomic E-state index is 10.5. The Morgan fingerprint density at radius 2 is 1.92 bits per heavy atom. The first-order chi connectivity index (χ1) is 5.77. The monoisotopic (exact) mass is 180 g/mol. The predicted molar refractivity (Wildman–Crippen MR) is 52.7 cm³/mol. The first kappa shape index (κ1) is 9.33. The summed E-state index contributed by atoms with van der Waals surface area (Å²) in [4.78, 5) is 11.7. The molecule has 0 saturated carbocycles. The van der Waals surface area contributed by atoms with Crippen molar-refractivity contribution in [2.24, 2.45) is 0 Å². The minimum atomic E-state index is 0.0147. The Bertz CT molecular complexity index is 253. The summed E-state index contributed by atoms with van der Waals surface area (Å²) in [5.74, 6) is 0.0147. The third-order valence-electron chi connectivity index (χ3n) is 1.85. The van der Waals surface area contributed by atoms with E-state index in [1.807, 2.05) is 37.4 Å². The van der Waals surface area contributed by atoms with Gasteiger partial charge in [-0.05, 0) is 24.0 Å². The van der Waals surface area contributed by atoms with Gasteiger partial charge in [-0.25, -0.2) is 0 Å². The molecule has 1 aromatic carbocycles. The van der Waals surface area contributed by atoms with Crippen LogP contribution in [-0.4, -0.2) is 12.5 Å². The fourth-order valence-electron chi connectivity index (χ4n) is 0.986. The van der Waals surface area contributed by atoms with Gasteiger partial charge < -0.3 is 4.79 Å². The Morgan fingerprint density at radius 1 is 1.33 bits per heavy atom. The van der Waals surface area contributed by atoms with E-state index in [0.29, 0.717) is 0 Å². The third kappa shape index (κ3) is 2.11. The van der Waals surface area contributed by atoms with E-state index >= 15 is 0 Å². The Balaban J connectivity index is 2.84. The molecule has 0 aliphatic heterocycles. The van der Waals surface area contributed by atoms with Crippen LogP contribution in [0.5, 0.6) is 0 Å². The first-order valence-electron chi connectivity index (χ1n) is 3.87. The molecule has 1 atom stereocenters. The topological polar surface area (TPSA) is 17.1 Å². The number of hydrogen-bond acceptors (Lipinski definition) is 2. The van der Waals surface area contributed by atoms with Crippen LogP contribution in [-0.2, 0) is 4.79 Å². The minimum absolute atomic E-state index is 0.0147. The zero-order valence-corrected chi connectivity index (χ0v) is 8.10. The highest BCUT2D eigenvalue weighted by Crippen LogP contribution is 2.18. The molecular weight excluding hydrogens is 168 g/mol. The number of hydrogen-bond donors (Lipinski definition) is 0. The van der Waals surface area contributed by atoms with Crippen molar-refractivity contribution in [3.8, 4) is 0 Å². The van der Waals surface area contributed by atoms with Gasteiger partial charge in [-0.3, -0.25) is 0 Å². The zero-order valence-electron chi connectivity index (χ0n) is 7.28. The van der Waals surface area contributed by atoms with E-state index in [1.165, 1.54) is 4.90 Å². The van der Waals surface area contributed by atoms with Crippen LogP contribution in [0.2, 0.25) is 0 Å². The number of carbonyl (C=O) groups excluding carboxylic acids is 1. The minimum Gasteiger partial charge on any atom is -0.303 e. The molecule has 64 valence electrons. The lowest BCUT2D eigenvalue weighted by Gasteiger charge is -2.03. The summed E-state index contributed by atoms with van der Waals surface area (Å²) < 4.78 is 0. The lowest BCUT2D eigenvalue weighted by atomic mass is 10.0. The summed E-state index contributed by atoms with van der Waals surface area (Å²) in [7, 11) is 0. The van der Waals surface area contributed by atoms with E-state index in [-0.39, 0.29) is 5.92 Å². The first-order valence-corrected chi connectivity index (χ1v) is 5.09. The second-order valence-corrected chi connectivity index (χ2v) is 3.58. The van der Waals surface area contributed by atoms with Crippen molar-refractivity contribution >= 4 is 18.0 Å². The third-order valence-corrected chi connectivity index (χ3v) is 2.59. The summed E-state index contributed by atoms with van der Waals surface area (Å²) in [6, 6.07) is 8.09. The number of carbonyl (C=O) groups is 1. The van der Waals surface area contributed by atoms with Crippen molar-refractivity contribution in [3.05, 3.63) is 29.8 Å². The van der Waals surface area contributed by atoms with Crippen LogP contribution in [0.25, 0.3) is 0 Å². The van der Waals surface area contributed by atoms with Crippen LogP contribution in [0, 0.1) is 0 Å². The summed E-state index contributed by atoms with van der Waals surface area (Å²) in [5, 5.41) is 0. The second-order valence-electron chi connectivity index (χ2n) is 2.70. The van der Waals surface area contributed by atoms with E-state index in [0.717, 1.165) is 11.8 Å². The molecule has 12 heavy (non-hydrogen) atoms. The van der Waals surface area contributed by atoms with Gasteiger partial charge in [-0.1, -0.05) is 19.1 Å². The Kier molecular flexibility index (Phi) is 3.35. The summed E-state index contributed by atoms with van der Waals surface area (Å²) >= 11 is 1.71. The van der Waals surface area contributed by atoms with Crippen molar-refractivity contribution < 1.29 is 4.79 Å². The molecule has 0 amide bonds. The average Bonchev–Trinajstić information content (AvgIpc) is 2.17. The maximum absolute atomic E-state index is 10.5. The summed E-state index contributed by atoms with van der Waals surface area (Å²) in [6.07, 6.45) is 3.01. The van der Waals surface area contributed by atoms with Gasteiger partial charge in [0.15, 0.2) is 0 Å². The quantitative estimate of drug-likeness (QED) is 0.525. The molecule has 1 aromatic rings. The van der Waals surface area contributed by atoms with Crippen LogP contribution in [0.4, 0.5) is 0 Å². The van der Waals surface area contributed by atoms with Gasteiger partial charge in [-0.2, -0.15) is 0 Å². The van der Waals surface area contributed by atoms with Gasteiger partial charge in [0.05, 0.1) is 0 Å². The van der Waals surface area contributed by atoms with Crippen molar-refractivity contribution in [2.75, 3.05) is 6.26 Å². The van der Waals surface area contributed by atoms with Gasteiger partial charge in [0.2, 0.25) is 0 Å². The van der Waals surface area contributed by atoms with Gasteiger partial charge in [0.1, 0.15) is 6.29 Å². The molecule has 0 aliphatic carbocycles. The molecule has 0 bridgehead atoms. The standard InChI is InChI=1S/C10H12OS/c1-8(7-11)9-3-5-10(12-2)6-4-9/h3-8H,1-2H3. The number of rotatable bonds is 3. The van der Waals surface area contributed by atoms with Crippen LogP contribution < -0.4 is 0 Å². The van der Waals surface area contributed by atoms with E-state index in [1.54, 1.807) is 11.8 Å². The highest BCUT2D eigenvalue weighted by molar-refractivity contribution is 7.98. The molecule has 1 rings (SSSR count). The number of benzene rings is 1. The summed E-state index contributed by atoms with van der Waals surface area (Å²) in [6.45, 7) is 1.90. The fourth-order valence-corrected chi connectivity index (χ4v) is 1.39. The normalized spacial score (nSPS) is 12.5. The molecule has 0 spiro atoms. The molecule has 0 fully saturated rings. The van der Waals surface area contributed by atoms with E-state index in [2.05, 4.69) is 0 Å². The van der Waals surface area contributed by atoms with Crippen LogP contribution in [0.15, 0.2) is 29.2 Å². The molecule has 1 nitrogen and oxygen atoms in total. The van der Waals surface area contributed by atoms with Crippen molar-refractivity contribution in [1.82, 2.24) is 0 Å². The second kappa shape index (κ2) is 4.31. The Labute approximate surface area is 77.2 Å². The molecule has 0 saturated heterocycles. The summed E-state index contributed by atoms with van der Waals surface area (Å²) in [5.41, 5.74) is 1.09. The number of thioether (sulfide) groups is 1. The highest BCUT2D eigenvalue weighted by atomic mass is 32.2. The van der Waals surface area contributed by atoms with Gasteiger partial charge >= 0.3 is 0 Å². The van der Waals surface area contributed by atoms with Crippen LogP contribution in [0.3, 0.4) is 0 Å². The largest absolute Gasteiger partial charge is 0.303 e. The lowest BCUT2D eigenvalue weighted by Crippen LogP contribution is -1.92. The molecule has 0 N–H and O–H groups in total. The Morgan fingerprint density at radius 3 is 2.33 bits per heavy atom. The molecule has 1 unspecified atom stereocenters. The van der Waals surface area contributed by atoms with E-state index < -0.39 is 0 Å². The highest BCUT2D eigenvalue weighted by Gasteiger charge is 2.01. The molecule has 0 radical (unpaired) electrons.